The number of rotatable bonds is 5. The Hall–Kier alpha value is -3.76. The third-order valence-electron chi connectivity index (χ3n) is 6.43. The lowest BCUT2D eigenvalue weighted by Gasteiger charge is -2.11. The van der Waals surface area contributed by atoms with E-state index in [0.29, 0.717) is 22.2 Å². The first kappa shape index (κ1) is 22.1. The average Bonchev–Trinajstić information content (AvgIpc) is 3.53. The lowest BCUT2D eigenvalue weighted by molar-refractivity contribution is 0.530. The summed E-state index contributed by atoms with van der Waals surface area (Å²) < 4.78 is 3.15. The van der Waals surface area contributed by atoms with Crippen LogP contribution >= 0.6 is 11.6 Å². The van der Waals surface area contributed by atoms with Gasteiger partial charge in [-0.2, -0.15) is 10.4 Å². The zero-order valence-corrected chi connectivity index (χ0v) is 19.5. The number of hydrogen-bond donors (Lipinski definition) is 0. The minimum atomic E-state index is -0.122. The predicted octanol–water partition coefficient (Wildman–Crippen LogP) is 4.95. The molecule has 8 heteroatoms. The highest BCUT2D eigenvalue weighted by Crippen LogP contribution is 2.32. The Bertz CT molecular complexity index is 1440. The summed E-state index contributed by atoms with van der Waals surface area (Å²) in [7, 11) is 1.71. The first-order valence-electron chi connectivity index (χ1n) is 11.3. The van der Waals surface area contributed by atoms with E-state index in [1.807, 2.05) is 6.20 Å². The number of nitriles is 1. The fraction of sp³-hybridized carbons (Fsp3) is 0.269. The smallest absolute Gasteiger partial charge is 0.250 e. The summed E-state index contributed by atoms with van der Waals surface area (Å²) in [5.74, 6) is 1.51. The quantitative estimate of drug-likeness (QED) is 0.411. The molecule has 34 heavy (non-hydrogen) atoms. The second-order valence-corrected chi connectivity index (χ2v) is 9.12. The van der Waals surface area contributed by atoms with Crippen molar-refractivity contribution >= 4 is 11.6 Å². The third-order valence-corrected chi connectivity index (χ3v) is 6.75. The largest absolute Gasteiger partial charge is 0.318 e. The average molecular weight is 471 g/mol. The van der Waals surface area contributed by atoms with Gasteiger partial charge >= 0.3 is 0 Å². The Morgan fingerprint density at radius 1 is 1.09 bits per heavy atom. The molecule has 1 saturated carbocycles. The molecule has 5 rings (SSSR count). The topological polar surface area (TPSA) is 89.4 Å². The first-order valence-corrected chi connectivity index (χ1v) is 11.7. The molecule has 7 nitrogen and oxygen atoms in total. The van der Waals surface area contributed by atoms with Gasteiger partial charge in [-0.1, -0.05) is 43.4 Å². The molecular weight excluding hydrogens is 448 g/mol. The van der Waals surface area contributed by atoms with Gasteiger partial charge in [0.2, 0.25) is 0 Å². The van der Waals surface area contributed by atoms with E-state index in [2.05, 4.69) is 21.1 Å². The van der Waals surface area contributed by atoms with Gasteiger partial charge in [0.25, 0.3) is 5.56 Å². The van der Waals surface area contributed by atoms with E-state index >= 15 is 0 Å². The molecule has 1 aromatic carbocycles. The molecule has 0 N–H and O–H groups in total. The van der Waals surface area contributed by atoms with Gasteiger partial charge in [0.05, 0.1) is 22.5 Å². The van der Waals surface area contributed by atoms with Crippen LogP contribution in [-0.4, -0.2) is 24.3 Å². The Morgan fingerprint density at radius 3 is 2.59 bits per heavy atom. The molecule has 1 fully saturated rings. The van der Waals surface area contributed by atoms with Crippen LogP contribution in [0.2, 0.25) is 5.02 Å². The number of nitrogens with zero attached hydrogens (tertiary/aromatic N) is 6. The fourth-order valence-electron chi connectivity index (χ4n) is 4.58. The fourth-order valence-corrected chi connectivity index (χ4v) is 4.79. The van der Waals surface area contributed by atoms with Gasteiger partial charge in [-0.3, -0.25) is 4.79 Å². The normalized spacial score (nSPS) is 13.8. The highest BCUT2D eigenvalue weighted by molar-refractivity contribution is 6.32. The van der Waals surface area contributed by atoms with Gasteiger partial charge in [-0.25, -0.2) is 14.6 Å². The molecule has 0 unspecified atom stereocenters. The van der Waals surface area contributed by atoms with Crippen LogP contribution < -0.4 is 5.56 Å². The number of pyridine rings is 1. The van der Waals surface area contributed by atoms with Gasteiger partial charge in [0, 0.05) is 61.0 Å². The number of benzene rings is 1. The van der Waals surface area contributed by atoms with Crippen LogP contribution in [-0.2, 0) is 13.5 Å². The molecule has 0 bridgehead atoms. The summed E-state index contributed by atoms with van der Waals surface area (Å²) in [6.07, 6.45) is 14.9. The van der Waals surface area contributed by atoms with Crippen LogP contribution in [0.1, 0.15) is 37.1 Å². The summed E-state index contributed by atoms with van der Waals surface area (Å²) in [5, 5.41) is 14.4. The lowest BCUT2D eigenvalue weighted by atomic mass is 10.00. The zero-order valence-electron chi connectivity index (χ0n) is 18.8. The van der Waals surface area contributed by atoms with Crippen LogP contribution in [0.4, 0.5) is 0 Å². The molecular formula is C26H23ClN6O. The summed E-state index contributed by atoms with van der Waals surface area (Å²) in [6, 6.07) is 8.99. The van der Waals surface area contributed by atoms with Crippen molar-refractivity contribution in [1.29, 1.82) is 5.26 Å². The van der Waals surface area contributed by atoms with Crippen molar-refractivity contribution in [3.05, 3.63) is 82.0 Å². The maximum atomic E-state index is 12.5. The number of aryl methyl sites for hydroxylation is 1. The van der Waals surface area contributed by atoms with Gasteiger partial charge in [-0.05, 0) is 23.6 Å². The molecule has 0 atom stereocenters. The van der Waals surface area contributed by atoms with Crippen LogP contribution in [0.5, 0.6) is 0 Å². The minimum absolute atomic E-state index is 0.122. The molecule has 0 saturated heterocycles. The number of aromatic nitrogens is 5. The second kappa shape index (κ2) is 9.24. The van der Waals surface area contributed by atoms with E-state index in [-0.39, 0.29) is 5.56 Å². The Balaban J connectivity index is 1.53. The van der Waals surface area contributed by atoms with Gasteiger partial charge < -0.3 is 4.57 Å². The zero-order chi connectivity index (χ0) is 23.7. The summed E-state index contributed by atoms with van der Waals surface area (Å²) in [5.41, 5.74) is 3.95. The molecule has 3 aromatic heterocycles. The molecule has 0 radical (unpaired) electrons. The highest BCUT2D eigenvalue weighted by Gasteiger charge is 2.18. The molecule has 0 aliphatic heterocycles. The molecule has 1 aliphatic carbocycles. The molecule has 4 aromatic rings. The second-order valence-electron chi connectivity index (χ2n) is 8.71. The van der Waals surface area contributed by atoms with Gasteiger partial charge in [0.1, 0.15) is 11.9 Å². The molecule has 0 amide bonds. The summed E-state index contributed by atoms with van der Waals surface area (Å²) >= 11 is 6.20. The van der Waals surface area contributed by atoms with Crippen molar-refractivity contribution in [3.63, 3.8) is 0 Å². The van der Waals surface area contributed by atoms with Crippen molar-refractivity contribution in [2.45, 2.75) is 32.1 Å². The molecule has 1 aliphatic rings. The maximum Gasteiger partial charge on any atom is 0.250 e. The van der Waals surface area contributed by atoms with Gasteiger partial charge in [-0.15, -0.1) is 0 Å². The molecule has 170 valence electrons. The number of halogens is 1. The van der Waals surface area contributed by atoms with Crippen molar-refractivity contribution in [2.24, 2.45) is 13.0 Å². The maximum absolute atomic E-state index is 12.5. The Morgan fingerprint density at radius 2 is 1.85 bits per heavy atom. The van der Waals surface area contributed by atoms with E-state index in [4.69, 9.17) is 11.6 Å². The van der Waals surface area contributed by atoms with E-state index < -0.39 is 0 Å². The predicted molar refractivity (Wildman–Crippen MR) is 131 cm³/mol. The van der Waals surface area contributed by atoms with E-state index in [1.54, 1.807) is 60.8 Å². The van der Waals surface area contributed by atoms with Gasteiger partial charge in [0.15, 0.2) is 0 Å². The van der Waals surface area contributed by atoms with Crippen LogP contribution in [0.3, 0.4) is 0 Å². The van der Waals surface area contributed by atoms with E-state index in [9.17, 15) is 10.1 Å². The van der Waals surface area contributed by atoms with E-state index in [1.165, 1.54) is 30.3 Å². The molecule has 3 heterocycles. The van der Waals surface area contributed by atoms with Crippen LogP contribution in [0, 0.1) is 17.2 Å². The lowest BCUT2D eigenvalue weighted by Crippen LogP contribution is -2.15. The van der Waals surface area contributed by atoms with Crippen LogP contribution in [0.25, 0.3) is 27.9 Å². The van der Waals surface area contributed by atoms with Crippen molar-refractivity contribution in [3.8, 4) is 34.0 Å². The third kappa shape index (κ3) is 4.25. The number of hydrogen-bond acceptors (Lipinski definition) is 5. The minimum Gasteiger partial charge on any atom is -0.318 e. The summed E-state index contributed by atoms with van der Waals surface area (Å²) in [4.78, 5) is 21.7. The van der Waals surface area contributed by atoms with Crippen molar-refractivity contribution in [2.75, 3.05) is 0 Å². The Kier molecular flexibility index (Phi) is 5.99. The van der Waals surface area contributed by atoms with E-state index in [0.717, 1.165) is 34.5 Å². The van der Waals surface area contributed by atoms with Crippen LogP contribution in [0.15, 0.2) is 60.0 Å². The van der Waals surface area contributed by atoms with Crippen molar-refractivity contribution < 1.29 is 0 Å². The monoisotopic (exact) mass is 470 g/mol. The van der Waals surface area contributed by atoms with Crippen molar-refractivity contribution in [1.82, 2.24) is 24.3 Å². The molecule has 0 spiro atoms. The first-order chi connectivity index (χ1) is 16.5. The highest BCUT2D eigenvalue weighted by atomic mass is 35.5. The summed E-state index contributed by atoms with van der Waals surface area (Å²) in [6.45, 7) is 0. The Labute approximate surface area is 202 Å². The SMILES string of the molecule is Cn1cc(-c2cnn(-c3cccc(Cl)c3C#N)c2)c(-c2cnc(CC3CCCC3)nc2)cc1=O. The standard InChI is InChI=1S/C26H23ClN6O/c1-32-16-22(19-14-31-33(15-19)24-8-4-7-23(27)21(24)11-28)20(10-26(32)34)18-12-29-25(30-13-18)9-17-5-2-3-6-17/h4,7-8,10,12-17H,2-3,5-6,9H2,1H3.